The van der Waals surface area contributed by atoms with E-state index >= 15 is 0 Å². The van der Waals surface area contributed by atoms with E-state index in [1.54, 1.807) is 12.1 Å². The van der Waals surface area contributed by atoms with Gasteiger partial charge in [-0.3, -0.25) is 14.9 Å². The normalized spacial score (nSPS) is 17.2. The van der Waals surface area contributed by atoms with Crippen molar-refractivity contribution in [2.75, 3.05) is 13.1 Å². The largest absolute Gasteiger partial charge is 0.350 e. The molecule has 0 aromatic heterocycles. The van der Waals surface area contributed by atoms with Crippen LogP contribution in [0.3, 0.4) is 0 Å². The first-order chi connectivity index (χ1) is 10.1. The van der Waals surface area contributed by atoms with Gasteiger partial charge >= 0.3 is 0 Å². The summed E-state index contributed by atoms with van der Waals surface area (Å²) in [5.41, 5.74) is 0.801. The van der Waals surface area contributed by atoms with Gasteiger partial charge in [-0.1, -0.05) is 12.1 Å². The SMILES string of the molecule is CC(NC(=O)CC1CCNCC1)c1cccc([N+](=O)[O-])c1. The van der Waals surface area contributed by atoms with Crippen molar-refractivity contribution in [2.24, 2.45) is 5.92 Å². The van der Waals surface area contributed by atoms with E-state index in [1.165, 1.54) is 12.1 Å². The maximum Gasteiger partial charge on any atom is 0.269 e. The van der Waals surface area contributed by atoms with Gasteiger partial charge in [0.1, 0.15) is 0 Å². The van der Waals surface area contributed by atoms with Crippen LogP contribution in [-0.2, 0) is 4.79 Å². The van der Waals surface area contributed by atoms with E-state index in [0.29, 0.717) is 12.3 Å². The molecule has 21 heavy (non-hydrogen) atoms. The zero-order valence-corrected chi connectivity index (χ0v) is 12.2. The van der Waals surface area contributed by atoms with Crippen LogP contribution in [0, 0.1) is 16.0 Å². The quantitative estimate of drug-likeness (QED) is 0.643. The number of carbonyl (C=O) groups excluding carboxylic acids is 1. The van der Waals surface area contributed by atoms with Gasteiger partial charge < -0.3 is 10.6 Å². The number of carbonyl (C=O) groups is 1. The fourth-order valence-corrected chi connectivity index (χ4v) is 2.64. The van der Waals surface area contributed by atoms with Gasteiger partial charge in [0.15, 0.2) is 0 Å². The van der Waals surface area contributed by atoms with Crippen LogP contribution in [0.5, 0.6) is 0 Å². The number of benzene rings is 1. The van der Waals surface area contributed by atoms with Crippen LogP contribution in [0.2, 0.25) is 0 Å². The molecule has 1 saturated heterocycles. The van der Waals surface area contributed by atoms with Crippen LogP contribution in [0.4, 0.5) is 5.69 Å². The minimum absolute atomic E-state index is 0.0147. The minimum atomic E-state index is -0.424. The second-order valence-corrected chi connectivity index (χ2v) is 5.54. The topological polar surface area (TPSA) is 84.3 Å². The molecule has 114 valence electrons. The summed E-state index contributed by atoms with van der Waals surface area (Å²) in [5, 5.41) is 17.0. The maximum absolute atomic E-state index is 12.0. The van der Waals surface area contributed by atoms with Crippen molar-refractivity contribution in [3.63, 3.8) is 0 Å². The molecule has 1 unspecified atom stereocenters. The molecule has 1 fully saturated rings. The molecule has 1 amide bonds. The molecule has 1 aromatic carbocycles. The first-order valence-electron chi connectivity index (χ1n) is 7.30. The number of nitro benzene ring substituents is 1. The molecule has 1 aliphatic rings. The predicted molar refractivity (Wildman–Crippen MR) is 79.9 cm³/mol. The number of hydrogen-bond donors (Lipinski definition) is 2. The lowest BCUT2D eigenvalue weighted by Gasteiger charge is -2.23. The standard InChI is InChI=1S/C15H21N3O3/c1-11(13-3-2-4-14(10-13)18(20)21)17-15(19)9-12-5-7-16-8-6-12/h2-4,10-12,16H,5-9H2,1H3,(H,17,19). The molecule has 2 N–H and O–H groups in total. The summed E-state index contributed by atoms with van der Waals surface area (Å²) < 4.78 is 0. The number of non-ortho nitro benzene ring substituents is 1. The zero-order chi connectivity index (χ0) is 15.2. The number of nitrogens with zero attached hydrogens (tertiary/aromatic N) is 1. The third kappa shape index (κ3) is 4.53. The van der Waals surface area contributed by atoms with Gasteiger partial charge in [-0.15, -0.1) is 0 Å². The molecule has 6 heteroatoms. The summed E-state index contributed by atoms with van der Waals surface area (Å²) in [4.78, 5) is 22.4. The van der Waals surface area contributed by atoms with Crippen molar-refractivity contribution in [2.45, 2.75) is 32.2 Å². The van der Waals surface area contributed by atoms with E-state index in [2.05, 4.69) is 10.6 Å². The Hall–Kier alpha value is -1.95. The monoisotopic (exact) mass is 291 g/mol. The van der Waals surface area contributed by atoms with Crippen LogP contribution >= 0.6 is 0 Å². The van der Waals surface area contributed by atoms with Crippen molar-refractivity contribution in [3.05, 3.63) is 39.9 Å². The van der Waals surface area contributed by atoms with Crippen LogP contribution < -0.4 is 10.6 Å². The van der Waals surface area contributed by atoms with Crippen LogP contribution in [0.25, 0.3) is 0 Å². The van der Waals surface area contributed by atoms with Crippen LogP contribution in [0.15, 0.2) is 24.3 Å². The second kappa shape index (κ2) is 7.17. The highest BCUT2D eigenvalue weighted by Crippen LogP contribution is 2.20. The lowest BCUT2D eigenvalue weighted by atomic mass is 9.94. The summed E-state index contributed by atoms with van der Waals surface area (Å²) in [6.07, 6.45) is 2.58. The summed E-state index contributed by atoms with van der Waals surface area (Å²) in [6, 6.07) is 6.17. The van der Waals surface area contributed by atoms with Gasteiger partial charge in [0.05, 0.1) is 11.0 Å². The average Bonchev–Trinajstić information content (AvgIpc) is 2.48. The molecule has 0 spiro atoms. The van der Waals surface area contributed by atoms with E-state index in [0.717, 1.165) is 31.5 Å². The Morgan fingerprint density at radius 2 is 2.19 bits per heavy atom. The van der Waals surface area contributed by atoms with Crippen molar-refractivity contribution < 1.29 is 9.72 Å². The van der Waals surface area contributed by atoms with Gasteiger partial charge in [-0.25, -0.2) is 0 Å². The first kappa shape index (κ1) is 15.4. The fourth-order valence-electron chi connectivity index (χ4n) is 2.64. The lowest BCUT2D eigenvalue weighted by molar-refractivity contribution is -0.384. The van der Waals surface area contributed by atoms with Crippen LogP contribution in [-0.4, -0.2) is 23.9 Å². The van der Waals surface area contributed by atoms with Crippen molar-refractivity contribution in [3.8, 4) is 0 Å². The molecule has 0 aliphatic carbocycles. The van der Waals surface area contributed by atoms with Gasteiger partial charge in [0, 0.05) is 18.6 Å². The molecule has 0 bridgehead atoms. The number of piperidine rings is 1. The lowest BCUT2D eigenvalue weighted by Crippen LogP contribution is -2.33. The Morgan fingerprint density at radius 3 is 2.86 bits per heavy atom. The first-order valence-corrected chi connectivity index (χ1v) is 7.30. The fraction of sp³-hybridized carbons (Fsp3) is 0.533. The Morgan fingerprint density at radius 1 is 1.48 bits per heavy atom. The van der Waals surface area contributed by atoms with Gasteiger partial charge in [-0.05, 0) is 44.3 Å². The molecule has 0 saturated carbocycles. The van der Waals surface area contributed by atoms with Crippen molar-refractivity contribution >= 4 is 11.6 Å². The molecule has 0 radical (unpaired) electrons. The predicted octanol–water partition coefficient (Wildman–Crippen LogP) is 2.16. The van der Waals surface area contributed by atoms with E-state index in [9.17, 15) is 14.9 Å². The summed E-state index contributed by atoms with van der Waals surface area (Å²) in [6.45, 7) is 3.79. The molecular formula is C15H21N3O3. The molecule has 6 nitrogen and oxygen atoms in total. The van der Waals surface area contributed by atoms with Crippen LogP contribution in [0.1, 0.15) is 37.8 Å². The van der Waals surface area contributed by atoms with E-state index in [1.807, 2.05) is 6.92 Å². The molecule has 1 atom stereocenters. The Balaban J connectivity index is 1.90. The van der Waals surface area contributed by atoms with Gasteiger partial charge in [0.25, 0.3) is 5.69 Å². The molecule has 1 aliphatic heterocycles. The Labute approximate surface area is 124 Å². The average molecular weight is 291 g/mol. The van der Waals surface area contributed by atoms with E-state index in [-0.39, 0.29) is 17.6 Å². The van der Waals surface area contributed by atoms with Crippen molar-refractivity contribution in [1.29, 1.82) is 0 Å². The number of nitro groups is 1. The highest BCUT2D eigenvalue weighted by Gasteiger charge is 2.18. The second-order valence-electron chi connectivity index (χ2n) is 5.54. The Bertz CT molecular complexity index is 513. The highest BCUT2D eigenvalue weighted by molar-refractivity contribution is 5.76. The smallest absolute Gasteiger partial charge is 0.269 e. The van der Waals surface area contributed by atoms with E-state index in [4.69, 9.17) is 0 Å². The summed E-state index contributed by atoms with van der Waals surface area (Å²) in [7, 11) is 0. The van der Waals surface area contributed by atoms with Gasteiger partial charge in [-0.2, -0.15) is 0 Å². The third-order valence-electron chi connectivity index (χ3n) is 3.89. The number of hydrogen-bond acceptors (Lipinski definition) is 4. The number of amides is 1. The number of rotatable bonds is 5. The summed E-state index contributed by atoms with van der Waals surface area (Å²) >= 11 is 0. The Kier molecular flexibility index (Phi) is 5.27. The molecule has 1 aromatic rings. The van der Waals surface area contributed by atoms with E-state index < -0.39 is 4.92 Å². The van der Waals surface area contributed by atoms with Gasteiger partial charge in [0.2, 0.25) is 5.91 Å². The zero-order valence-electron chi connectivity index (χ0n) is 12.2. The van der Waals surface area contributed by atoms with Crippen molar-refractivity contribution in [1.82, 2.24) is 10.6 Å². The maximum atomic E-state index is 12.0. The molecular weight excluding hydrogens is 270 g/mol. The molecule has 2 rings (SSSR count). The third-order valence-corrected chi connectivity index (χ3v) is 3.89. The summed E-state index contributed by atoms with van der Waals surface area (Å²) in [5.74, 6) is 0.449. The number of nitrogens with one attached hydrogen (secondary N) is 2. The molecule has 1 heterocycles. The highest BCUT2D eigenvalue weighted by atomic mass is 16.6. The minimum Gasteiger partial charge on any atom is -0.350 e.